The molecule has 1 atom stereocenters. The molecule has 1 rings (SSSR count). The summed E-state index contributed by atoms with van der Waals surface area (Å²) in [6.45, 7) is 8.69. The molecular formula is C13H25NO2. The van der Waals surface area contributed by atoms with E-state index in [2.05, 4.69) is 18.7 Å². The maximum absolute atomic E-state index is 11.2. The van der Waals surface area contributed by atoms with Crippen LogP contribution in [0.15, 0.2) is 0 Å². The molecular weight excluding hydrogens is 202 g/mol. The number of nitrogens with zero attached hydrogens (tertiary/aromatic N) is 1. The van der Waals surface area contributed by atoms with Crippen molar-refractivity contribution in [2.75, 3.05) is 19.7 Å². The molecule has 94 valence electrons. The molecule has 16 heavy (non-hydrogen) atoms. The number of rotatable bonds is 6. The van der Waals surface area contributed by atoms with Crippen molar-refractivity contribution in [3.05, 3.63) is 0 Å². The van der Waals surface area contributed by atoms with Crippen LogP contribution in [0.25, 0.3) is 0 Å². The molecule has 0 spiro atoms. The first-order valence-electron chi connectivity index (χ1n) is 6.44. The Labute approximate surface area is 99.1 Å². The van der Waals surface area contributed by atoms with Crippen LogP contribution in [-0.2, 0) is 9.53 Å². The average Bonchev–Trinajstić information content (AvgIpc) is 2.19. The van der Waals surface area contributed by atoms with E-state index in [9.17, 15) is 4.79 Å². The molecule has 1 unspecified atom stereocenters. The van der Waals surface area contributed by atoms with Crippen LogP contribution in [0, 0.1) is 0 Å². The third-order valence-electron chi connectivity index (χ3n) is 3.10. The van der Waals surface area contributed by atoms with Gasteiger partial charge in [0.05, 0.1) is 12.7 Å². The van der Waals surface area contributed by atoms with Crippen LogP contribution in [0.2, 0.25) is 0 Å². The fraction of sp³-hybridized carbons (Fsp3) is 0.923. The van der Waals surface area contributed by atoms with Crippen molar-refractivity contribution in [2.24, 2.45) is 0 Å². The molecule has 3 heteroatoms. The highest BCUT2D eigenvalue weighted by atomic mass is 16.5. The number of piperidine rings is 1. The highest BCUT2D eigenvalue weighted by Gasteiger charge is 2.22. The summed E-state index contributed by atoms with van der Waals surface area (Å²) >= 11 is 0. The fourth-order valence-corrected chi connectivity index (χ4v) is 2.32. The van der Waals surface area contributed by atoms with Crippen molar-refractivity contribution in [1.29, 1.82) is 0 Å². The first-order chi connectivity index (χ1) is 7.59. The molecule has 0 amide bonds. The molecule has 1 fully saturated rings. The van der Waals surface area contributed by atoms with Crippen molar-refractivity contribution in [1.82, 2.24) is 4.90 Å². The van der Waals surface area contributed by atoms with Gasteiger partial charge in [-0.15, -0.1) is 0 Å². The lowest BCUT2D eigenvalue weighted by Gasteiger charge is -2.35. The Bertz CT molecular complexity index is 216. The van der Waals surface area contributed by atoms with E-state index in [0.29, 0.717) is 24.3 Å². The van der Waals surface area contributed by atoms with Gasteiger partial charge >= 0.3 is 0 Å². The van der Waals surface area contributed by atoms with Gasteiger partial charge in [0.15, 0.2) is 0 Å². The molecule has 0 aromatic rings. The van der Waals surface area contributed by atoms with E-state index in [1.807, 2.05) is 0 Å². The van der Waals surface area contributed by atoms with Gasteiger partial charge < -0.3 is 4.74 Å². The molecule has 1 aliphatic heterocycles. The highest BCUT2D eigenvalue weighted by molar-refractivity contribution is 5.76. The predicted molar refractivity (Wildman–Crippen MR) is 65.6 cm³/mol. The van der Waals surface area contributed by atoms with E-state index in [1.54, 1.807) is 6.92 Å². The monoisotopic (exact) mass is 227 g/mol. The predicted octanol–water partition coefficient (Wildman–Crippen LogP) is 2.25. The number of Topliss-reactive ketones (excluding diaryl/α,β-unsaturated/α-hetero) is 1. The van der Waals surface area contributed by atoms with E-state index in [0.717, 1.165) is 19.7 Å². The molecule has 0 aliphatic carbocycles. The summed E-state index contributed by atoms with van der Waals surface area (Å²) in [5.74, 6) is 0.307. The van der Waals surface area contributed by atoms with Gasteiger partial charge in [0.25, 0.3) is 0 Å². The number of ether oxygens (including phenoxy) is 1. The van der Waals surface area contributed by atoms with Crippen molar-refractivity contribution in [3.8, 4) is 0 Å². The van der Waals surface area contributed by atoms with Crippen molar-refractivity contribution >= 4 is 5.78 Å². The molecule has 0 aromatic carbocycles. The smallest absolute Gasteiger partial charge is 0.131 e. The van der Waals surface area contributed by atoms with Gasteiger partial charge in [-0.25, -0.2) is 0 Å². The quantitative estimate of drug-likeness (QED) is 0.697. The van der Waals surface area contributed by atoms with E-state index in [4.69, 9.17) is 4.74 Å². The zero-order chi connectivity index (χ0) is 12.0. The summed E-state index contributed by atoms with van der Waals surface area (Å²) in [6.07, 6.45) is 4.70. The van der Waals surface area contributed by atoms with Gasteiger partial charge in [-0.3, -0.25) is 9.69 Å². The van der Waals surface area contributed by atoms with E-state index >= 15 is 0 Å². The molecule has 3 nitrogen and oxygen atoms in total. The number of carbonyl (C=O) groups is 1. The minimum Gasteiger partial charge on any atom is -0.377 e. The third kappa shape index (κ3) is 5.08. The van der Waals surface area contributed by atoms with Crippen molar-refractivity contribution in [2.45, 2.75) is 58.6 Å². The largest absolute Gasteiger partial charge is 0.377 e. The van der Waals surface area contributed by atoms with Gasteiger partial charge in [-0.1, -0.05) is 6.42 Å². The second kappa shape index (κ2) is 7.02. The minimum atomic E-state index is 0.302. The fourth-order valence-electron chi connectivity index (χ4n) is 2.32. The standard InChI is InChI=1S/C13H25NO2/c1-11(2)16-9-8-14-7-5-4-6-13(14)10-12(3)15/h11,13H,4-10H2,1-3H3. The topological polar surface area (TPSA) is 29.5 Å². The van der Waals surface area contributed by atoms with Gasteiger partial charge in [0.2, 0.25) is 0 Å². The Morgan fingerprint density at radius 3 is 2.81 bits per heavy atom. The highest BCUT2D eigenvalue weighted by Crippen LogP contribution is 2.19. The van der Waals surface area contributed by atoms with Crippen LogP contribution in [0.5, 0.6) is 0 Å². The molecule has 1 aliphatic rings. The van der Waals surface area contributed by atoms with Crippen LogP contribution < -0.4 is 0 Å². The summed E-state index contributed by atoms with van der Waals surface area (Å²) in [4.78, 5) is 13.6. The number of carbonyl (C=O) groups excluding carboxylic acids is 1. The van der Waals surface area contributed by atoms with Gasteiger partial charge in [-0.2, -0.15) is 0 Å². The zero-order valence-corrected chi connectivity index (χ0v) is 10.9. The van der Waals surface area contributed by atoms with Gasteiger partial charge in [0, 0.05) is 19.0 Å². The molecule has 0 radical (unpaired) electrons. The zero-order valence-electron chi connectivity index (χ0n) is 10.9. The summed E-state index contributed by atoms with van der Waals surface area (Å²) < 4.78 is 5.57. The van der Waals surface area contributed by atoms with Gasteiger partial charge in [-0.05, 0) is 40.2 Å². The lowest BCUT2D eigenvalue weighted by atomic mass is 9.98. The van der Waals surface area contributed by atoms with Crippen LogP contribution in [0.3, 0.4) is 0 Å². The summed E-state index contributed by atoms with van der Waals surface area (Å²) in [5.41, 5.74) is 0. The molecule has 0 saturated carbocycles. The van der Waals surface area contributed by atoms with Gasteiger partial charge in [0.1, 0.15) is 5.78 Å². The SMILES string of the molecule is CC(=O)CC1CCCCN1CCOC(C)C. The first-order valence-corrected chi connectivity index (χ1v) is 6.44. The lowest BCUT2D eigenvalue weighted by molar-refractivity contribution is -0.118. The van der Waals surface area contributed by atoms with Crippen molar-refractivity contribution < 1.29 is 9.53 Å². The number of hydrogen-bond acceptors (Lipinski definition) is 3. The Hall–Kier alpha value is -0.410. The maximum Gasteiger partial charge on any atom is 0.131 e. The minimum absolute atomic E-state index is 0.302. The van der Waals surface area contributed by atoms with E-state index < -0.39 is 0 Å². The second-order valence-corrected chi connectivity index (χ2v) is 5.01. The summed E-state index contributed by atoms with van der Waals surface area (Å²) in [5, 5.41) is 0. The van der Waals surface area contributed by atoms with Crippen LogP contribution in [0.4, 0.5) is 0 Å². The lowest BCUT2D eigenvalue weighted by Crippen LogP contribution is -2.42. The molecule has 1 heterocycles. The Kier molecular flexibility index (Phi) is 5.99. The van der Waals surface area contributed by atoms with Crippen molar-refractivity contribution in [3.63, 3.8) is 0 Å². The molecule has 0 N–H and O–H groups in total. The third-order valence-corrected chi connectivity index (χ3v) is 3.10. The first kappa shape index (κ1) is 13.7. The Balaban J connectivity index is 2.31. The van der Waals surface area contributed by atoms with Crippen LogP contribution >= 0.6 is 0 Å². The Morgan fingerprint density at radius 2 is 2.19 bits per heavy atom. The molecule has 0 aromatic heterocycles. The molecule has 0 bridgehead atoms. The number of likely N-dealkylation sites (tertiary alicyclic amines) is 1. The number of ketones is 1. The number of hydrogen-bond donors (Lipinski definition) is 0. The van der Waals surface area contributed by atoms with Crippen LogP contribution in [-0.4, -0.2) is 42.5 Å². The average molecular weight is 227 g/mol. The van der Waals surface area contributed by atoms with Crippen LogP contribution in [0.1, 0.15) is 46.5 Å². The normalized spacial score (nSPS) is 22.6. The maximum atomic E-state index is 11.2. The summed E-state index contributed by atoms with van der Waals surface area (Å²) in [6, 6.07) is 0.460. The Morgan fingerprint density at radius 1 is 1.44 bits per heavy atom. The van der Waals surface area contributed by atoms with E-state index in [-0.39, 0.29) is 0 Å². The molecule has 1 saturated heterocycles. The second-order valence-electron chi connectivity index (χ2n) is 5.01. The van der Waals surface area contributed by atoms with E-state index in [1.165, 1.54) is 19.3 Å². The summed E-state index contributed by atoms with van der Waals surface area (Å²) in [7, 11) is 0.